The van der Waals surface area contributed by atoms with Crippen molar-refractivity contribution in [1.82, 2.24) is 0 Å². The van der Waals surface area contributed by atoms with Crippen molar-refractivity contribution in [2.24, 2.45) is 5.73 Å². The van der Waals surface area contributed by atoms with Gasteiger partial charge >= 0.3 is 0 Å². The van der Waals surface area contributed by atoms with Crippen molar-refractivity contribution < 1.29 is 0 Å². The van der Waals surface area contributed by atoms with Gasteiger partial charge in [0, 0.05) is 11.4 Å². The molecule has 1 heterocycles. The predicted octanol–water partition coefficient (Wildman–Crippen LogP) is 4.56. The zero-order valence-corrected chi connectivity index (χ0v) is 12.9. The summed E-state index contributed by atoms with van der Waals surface area (Å²) in [6.07, 6.45) is 3.26. The van der Waals surface area contributed by atoms with Gasteiger partial charge in [0.05, 0.1) is 0 Å². The van der Waals surface area contributed by atoms with E-state index >= 15 is 0 Å². The average molecular weight is 273 g/mol. The summed E-state index contributed by atoms with van der Waals surface area (Å²) in [7, 11) is 0. The number of hydrogen-bond donors (Lipinski definition) is 1. The molecule has 0 amide bonds. The van der Waals surface area contributed by atoms with Gasteiger partial charge in [-0.25, -0.2) is 0 Å². The van der Waals surface area contributed by atoms with Gasteiger partial charge in [-0.05, 0) is 58.5 Å². The Morgan fingerprint density at radius 2 is 1.63 bits per heavy atom. The topological polar surface area (TPSA) is 26.0 Å². The quantitative estimate of drug-likeness (QED) is 0.849. The van der Waals surface area contributed by atoms with Crippen molar-refractivity contribution in [3.8, 4) is 11.1 Å². The second-order valence-electron chi connectivity index (χ2n) is 4.81. The summed E-state index contributed by atoms with van der Waals surface area (Å²) < 4.78 is 0. The van der Waals surface area contributed by atoms with E-state index < -0.39 is 0 Å². The number of aryl methyl sites for hydroxylation is 3. The molecular weight excluding hydrogens is 250 g/mol. The minimum absolute atomic E-state index is 0.634. The summed E-state index contributed by atoms with van der Waals surface area (Å²) in [4.78, 5) is 1.30. The molecule has 0 saturated carbocycles. The molecule has 0 bridgehead atoms. The Labute approximate surface area is 120 Å². The number of thiophene rings is 1. The molecule has 0 aliphatic heterocycles. The summed E-state index contributed by atoms with van der Waals surface area (Å²) in [6, 6.07) is 6.96. The maximum atomic E-state index is 5.88. The fourth-order valence-corrected chi connectivity index (χ4v) is 3.43. The van der Waals surface area contributed by atoms with Crippen molar-refractivity contribution in [1.29, 1.82) is 0 Å². The third kappa shape index (κ3) is 2.75. The summed E-state index contributed by atoms with van der Waals surface area (Å²) in [5.41, 5.74) is 13.0. The molecule has 2 aromatic rings. The SMILES string of the molecule is CCc1cc(CC)c(-c2ccsc2CN)c(CC)c1. The van der Waals surface area contributed by atoms with Gasteiger partial charge in [-0.2, -0.15) is 0 Å². The smallest absolute Gasteiger partial charge is 0.0280 e. The molecule has 102 valence electrons. The first-order valence-corrected chi connectivity index (χ1v) is 8.04. The second-order valence-corrected chi connectivity index (χ2v) is 5.81. The van der Waals surface area contributed by atoms with E-state index in [9.17, 15) is 0 Å². The van der Waals surface area contributed by atoms with Gasteiger partial charge in [0.2, 0.25) is 0 Å². The molecular formula is C17H23NS. The number of hydrogen-bond acceptors (Lipinski definition) is 2. The molecule has 0 unspecified atom stereocenters. The molecule has 2 rings (SSSR count). The largest absolute Gasteiger partial charge is 0.326 e. The van der Waals surface area contributed by atoms with Crippen LogP contribution in [0.4, 0.5) is 0 Å². The Morgan fingerprint density at radius 1 is 1.00 bits per heavy atom. The van der Waals surface area contributed by atoms with E-state index in [1.54, 1.807) is 11.3 Å². The molecule has 1 aromatic carbocycles. The Bertz CT molecular complexity index is 529. The standard InChI is InChI=1S/C17H23NS/c1-4-12-9-13(5-2)17(14(6-3)10-12)15-7-8-19-16(15)11-18/h7-10H,4-6,11,18H2,1-3H3. The Hall–Kier alpha value is -1.12. The summed E-state index contributed by atoms with van der Waals surface area (Å²) in [6.45, 7) is 7.34. The van der Waals surface area contributed by atoms with Gasteiger partial charge in [-0.15, -0.1) is 11.3 Å². The Balaban J connectivity index is 2.67. The zero-order valence-electron chi connectivity index (χ0n) is 12.1. The van der Waals surface area contributed by atoms with Crippen molar-refractivity contribution in [3.05, 3.63) is 45.1 Å². The van der Waals surface area contributed by atoms with Crippen molar-refractivity contribution in [2.75, 3.05) is 0 Å². The lowest BCUT2D eigenvalue weighted by Crippen LogP contribution is -2.01. The maximum absolute atomic E-state index is 5.88. The first-order valence-electron chi connectivity index (χ1n) is 7.16. The van der Waals surface area contributed by atoms with Crippen LogP contribution in [0, 0.1) is 0 Å². The molecule has 2 N–H and O–H groups in total. The molecule has 0 radical (unpaired) electrons. The molecule has 0 atom stereocenters. The van der Waals surface area contributed by atoms with Crippen LogP contribution in [0.1, 0.15) is 42.3 Å². The summed E-state index contributed by atoms with van der Waals surface area (Å²) in [5, 5.41) is 2.16. The third-order valence-electron chi connectivity index (χ3n) is 3.73. The Kier molecular flexibility index (Phi) is 4.78. The molecule has 0 saturated heterocycles. The average Bonchev–Trinajstić information content (AvgIpc) is 2.93. The molecule has 2 heteroatoms. The van der Waals surface area contributed by atoms with Crippen LogP contribution in [0.25, 0.3) is 11.1 Å². The van der Waals surface area contributed by atoms with E-state index in [1.165, 1.54) is 32.7 Å². The number of benzene rings is 1. The molecule has 0 aliphatic carbocycles. The number of rotatable bonds is 5. The van der Waals surface area contributed by atoms with Gasteiger partial charge in [-0.1, -0.05) is 32.9 Å². The minimum Gasteiger partial charge on any atom is -0.326 e. The lowest BCUT2D eigenvalue weighted by Gasteiger charge is -2.16. The molecule has 0 spiro atoms. The molecule has 0 fully saturated rings. The highest BCUT2D eigenvalue weighted by molar-refractivity contribution is 7.10. The summed E-state index contributed by atoms with van der Waals surface area (Å²) >= 11 is 1.77. The van der Waals surface area contributed by atoms with Crippen LogP contribution in [0.3, 0.4) is 0 Å². The van der Waals surface area contributed by atoms with Crippen molar-refractivity contribution in [3.63, 3.8) is 0 Å². The lowest BCUT2D eigenvalue weighted by molar-refractivity contribution is 1.04. The monoisotopic (exact) mass is 273 g/mol. The van der Waals surface area contributed by atoms with Gasteiger partial charge in [0.1, 0.15) is 0 Å². The molecule has 1 aromatic heterocycles. The van der Waals surface area contributed by atoms with E-state index in [2.05, 4.69) is 44.4 Å². The molecule has 19 heavy (non-hydrogen) atoms. The van der Waals surface area contributed by atoms with Crippen molar-refractivity contribution in [2.45, 2.75) is 46.6 Å². The van der Waals surface area contributed by atoms with E-state index in [1.807, 2.05) is 0 Å². The van der Waals surface area contributed by atoms with Crippen molar-refractivity contribution >= 4 is 11.3 Å². The first-order chi connectivity index (χ1) is 9.24. The molecule has 0 aliphatic rings. The Morgan fingerprint density at radius 3 is 2.11 bits per heavy atom. The first kappa shape index (κ1) is 14.3. The maximum Gasteiger partial charge on any atom is 0.0280 e. The zero-order chi connectivity index (χ0) is 13.8. The van der Waals surface area contributed by atoms with Crippen LogP contribution in [0.5, 0.6) is 0 Å². The predicted molar refractivity (Wildman–Crippen MR) is 85.8 cm³/mol. The van der Waals surface area contributed by atoms with Gasteiger partial charge in [0.25, 0.3) is 0 Å². The second kappa shape index (κ2) is 6.36. The molecule has 1 nitrogen and oxygen atoms in total. The normalized spacial score (nSPS) is 10.9. The number of nitrogens with two attached hydrogens (primary N) is 1. The van der Waals surface area contributed by atoms with E-state index in [0.29, 0.717) is 6.54 Å². The van der Waals surface area contributed by atoms with Crippen LogP contribution in [-0.2, 0) is 25.8 Å². The summed E-state index contributed by atoms with van der Waals surface area (Å²) in [5.74, 6) is 0. The van der Waals surface area contributed by atoms with E-state index in [4.69, 9.17) is 5.73 Å². The van der Waals surface area contributed by atoms with Gasteiger partial charge in [-0.3, -0.25) is 0 Å². The lowest BCUT2D eigenvalue weighted by atomic mass is 9.89. The fourth-order valence-electron chi connectivity index (χ4n) is 2.67. The van der Waals surface area contributed by atoms with Gasteiger partial charge in [0.15, 0.2) is 0 Å². The highest BCUT2D eigenvalue weighted by Gasteiger charge is 2.14. The van der Waals surface area contributed by atoms with E-state index in [-0.39, 0.29) is 0 Å². The van der Waals surface area contributed by atoms with Gasteiger partial charge < -0.3 is 5.73 Å². The van der Waals surface area contributed by atoms with E-state index in [0.717, 1.165) is 19.3 Å². The van der Waals surface area contributed by atoms with Crippen LogP contribution < -0.4 is 5.73 Å². The van der Waals surface area contributed by atoms with Crippen LogP contribution in [0.15, 0.2) is 23.6 Å². The van der Waals surface area contributed by atoms with Crippen LogP contribution >= 0.6 is 11.3 Å². The van der Waals surface area contributed by atoms with Crippen LogP contribution in [0.2, 0.25) is 0 Å². The highest BCUT2D eigenvalue weighted by atomic mass is 32.1. The minimum atomic E-state index is 0.634. The fraction of sp³-hybridized carbons (Fsp3) is 0.412. The highest BCUT2D eigenvalue weighted by Crippen LogP contribution is 2.35. The van der Waals surface area contributed by atoms with Crippen LogP contribution in [-0.4, -0.2) is 0 Å². The third-order valence-corrected chi connectivity index (χ3v) is 4.67.